The zero-order valence-corrected chi connectivity index (χ0v) is 15.5. The predicted octanol–water partition coefficient (Wildman–Crippen LogP) is 0.159. The lowest BCUT2D eigenvalue weighted by atomic mass is 9.90. The van der Waals surface area contributed by atoms with Crippen molar-refractivity contribution in [1.29, 1.82) is 0 Å². The van der Waals surface area contributed by atoms with Crippen LogP contribution in [0.2, 0.25) is 0 Å². The number of fused-ring (bicyclic) bond motifs is 3. The van der Waals surface area contributed by atoms with Crippen molar-refractivity contribution in [3.05, 3.63) is 39.2 Å². The maximum Gasteiger partial charge on any atom is 0.339 e. The highest BCUT2D eigenvalue weighted by molar-refractivity contribution is 5.86. The zero-order chi connectivity index (χ0) is 20.0. The first kappa shape index (κ1) is 19.4. The van der Waals surface area contributed by atoms with Gasteiger partial charge in [0.15, 0.2) is 0 Å². The van der Waals surface area contributed by atoms with Gasteiger partial charge in [0.05, 0.1) is 6.61 Å². The summed E-state index contributed by atoms with van der Waals surface area (Å²) in [7, 11) is 0. The topological polar surface area (TPSA) is 130 Å². The van der Waals surface area contributed by atoms with Crippen molar-refractivity contribution in [1.82, 2.24) is 0 Å². The minimum absolute atomic E-state index is 0.315. The van der Waals surface area contributed by atoms with Gasteiger partial charge in [-0.25, -0.2) is 4.79 Å². The van der Waals surface area contributed by atoms with E-state index in [0.717, 1.165) is 42.2 Å². The van der Waals surface area contributed by atoms with Crippen molar-refractivity contribution in [2.45, 2.75) is 63.3 Å². The molecule has 1 aliphatic heterocycles. The molecule has 1 aliphatic carbocycles. The van der Waals surface area contributed by atoms with Crippen LogP contribution in [0, 0.1) is 6.92 Å². The zero-order valence-electron chi connectivity index (χ0n) is 15.5. The van der Waals surface area contributed by atoms with E-state index in [0.29, 0.717) is 16.9 Å². The Morgan fingerprint density at radius 3 is 2.50 bits per heavy atom. The second kappa shape index (κ2) is 7.46. The third-order valence-electron chi connectivity index (χ3n) is 5.68. The number of rotatable bonds is 3. The highest BCUT2D eigenvalue weighted by Crippen LogP contribution is 2.34. The van der Waals surface area contributed by atoms with Gasteiger partial charge in [-0.05, 0) is 50.3 Å². The minimum atomic E-state index is -1.53. The Hall–Kier alpha value is -1.97. The predicted molar refractivity (Wildman–Crippen MR) is 98.3 cm³/mol. The van der Waals surface area contributed by atoms with Crippen molar-refractivity contribution >= 4 is 11.0 Å². The monoisotopic (exact) mass is 392 g/mol. The van der Waals surface area contributed by atoms with Gasteiger partial charge in [0.2, 0.25) is 6.29 Å². The average Bonchev–Trinajstić information content (AvgIpc) is 2.71. The van der Waals surface area contributed by atoms with Gasteiger partial charge in [0.25, 0.3) is 0 Å². The maximum atomic E-state index is 12.4. The van der Waals surface area contributed by atoms with E-state index in [1.54, 1.807) is 13.0 Å². The first-order valence-electron chi connectivity index (χ1n) is 9.47. The number of benzene rings is 1. The molecular weight excluding hydrogens is 368 g/mol. The SMILES string of the molecule is Cc1c(O[C@H]2O[C@@H](CO)[C@@H](O)[C@@H](O)[C@@H]2O)ccc2c3c(c(=O)oc12)CCCC3. The van der Waals surface area contributed by atoms with E-state index in [1.807, 2.05) is 6.07 Å². The molecule has 28 heavy (non-hydrogen) atoms. The van der Waals surface area contributed by atoms with Crippen LogP contribution < -0.4 is 10.4 Å². The van der Waals surface area contributed by atoms with E-state index in [2.05, 4.69) is 0 Å². The highest BCUT2D eigenvalue weighted by atomic mass is 16.7. The summed E-state index contributed by atoms with van der Waals surface area (Å²) in [4.78, 5) is 12.4. The van der Waals surface area contributed by atoms with E-state index >= 15 is 0 Å². The Kier molecular flexibility index (Phi) is 5.15. The summed E-state index contributed by atoms with van der Waals surface area (Å²) in [6.07, 6.45) is -3.31. The summed E-state index contributed by atoms with van der Waals surface area (Å²) in [5.74, 6) is 0.315. The summed E-state index contributed by atoms with van der Waals surface area (Å²) >= 11 is 0. The van der Waals surface area contributed by atoms with Crippen LogP contribution in [0.3, 0.4) is 0 Å². The van der Waals surface area contributed by atoms with Gasteiger partial charge in [-0.3, -0.25) is 0 Å². The van der Waals surface area contributed by atoms with Crippen LogP contribution in [0.5, 0.6) is 5.75 Å². The smallest absolute Gasteiger partial charge is 0.339 e. The lowest BCUT2D eigenvalue weighted by molar-refractivity contribution is -0.277. The van der Waals surface area contributed by atoms with Crippen molar-refractivity contribution < 1.29 is 34.3 Å². The normalized spacial score (nSPS) is 30.2. The fourth-order valence-electron chi connectivity index (χ4n) is 4.04. The molecule has 1 fully saturated rings. The fourth-order valence-corrected chi connectivity index (χ4v) is 4.04. The van der Waals surface area contributed by atoms with Crippen LogP contribution in [0.4, 0.5) is 0 Å². The van der Waals surface area contributed by atoms with Crippen molar-refractivity contribution in [2.24, 2.45) is 0 Å². The van der Waals surface area contributed by atoms with Crippen LogP contribution >= 0.6 is 0 Å². The molecule has 0 spiro atoms. The van der Waals surface area contributed by atoms with E-state index in [9.17, 15) is 25.2 Å². The Morgan fingerprint density at radius 2 is 1.79 bits per heavy atom. The first-order valence-corrected chi connectivity index (χ1v) is 9.47. The highest BCUT2D eigenvalue weighted by Gasteiger charge is 2.44. The molecule has 0 amide bonds. The third-order valence-corrected chi connectivity index (χ3v) is 5.68. The van der Waals surface area contributed by atoms with Gasteiger partial charge in [0.1, 0.15) is 35.7 Å². The van der Waals surface area contributed by atoms with Gasteiger partial charge >= 0.3 is 5.63 Å². The van der Waals surface area contributed by atoms with Gasteiger partial charge in [-0.2, -0.15) is 0 Å². The molecule has 1 saturated heterocycles. The quantitative estimate of drug-likeness (QED) is 0.544. The van der Waals surface area contributed by atoms with E-state index < -0.39 is 37.3 Å². The van der Waals surface area contributed by atoms with Gasteiger partial charge in [-0.1, -0.05) is 0 Å². The molecule has 4 N–H and O–H groups in total. The molecule has 2 heterocycles. The van der Waals surface area contributed by atoms with Crippen LogP contribution in [0.1, 0.15) is 29.5 Å². The average molecular weight is 392 g/mol. The van der Waals surface area contributed by atoms with Crippen LogP contribution in [0.25, 0.3) is 11.0 Å². The molecule has 1 aromatic carbocycles. The summed E-state index contributed by atoms with van der Waals surface area (Å²) in [6, 6.07) is 3.52. The molecule has 1 aromatic heterocycles. The lowest BCUT2D eigenvalue weighted by Gasteiger charge is -2.39. The summed E-state index contributed by atoms with van der Waals surface area (Å²) in [5, 5.41) is 40.2. The number of aryl methyl sites for hydroxylation is 2. The fraction of sp³-hybridized carbons (Fsp3) is 0.550. The number of aliphatic hydroxyl groups is 4. The van der Waals surface area contributed by atoms with Gasteiger partial charge in [-0.15, -0.1) is 0 Å². The van der Waals surface area contributed by atoms with Crippen molar-refractivity contribution in [3.63, 3.8) is 0 Å². The van der Waals surface area contributed by atoms with Gasteiger partial charge in [0, 0.05) is 16.5 Å². The Bertz CT molecular complexity index is 934. The van der Waals surface area contributed by atoms with E-state index in [-0.39, 0.29) is 5.63 Å². The van der Waals surface area contributed by atoms with Crippen LogP contribution in [0.15, 0.2) is 21.3 Å². The Labute approximate surface area is 160 Å². The van der Waals surface area contributed by atoms with Crippen molar-refractivity contribution in [3.8, 4) is 5.75 Å². The summed E-state index contributed by atoms with van der Waals surface area (Å²) in [6.45, 7) is 1.20. The lowest BCUT2D eigenvalue weighted by Crippen LogP contribution is -2.60. The molecule has 0 radical (unpaired) electrons. The van der Waals surface area contributed by atoms with Crippen LogP contribution in [-0.4, -0.2) is 57.7 Å². The molecule has 8 nitrogen and oxygen atoms in total. The molecule has 5 atom stereocenters. The largest absolute Gasteiger partial charge is 0.462 e. The first-order chi connectivity index (χ1) is 13.4. The molecule has 152 valence electrons. The molecule has 0 unspecified atom stereocenters. The number of hydrogen-bond acceptors (Lipinski definition) is 8. The van der Waals surface area contributed by atoms with E-state index in [4.69, 9.17) is 13.9 Å². The summed E-state index contributed by atoms with van der Waals surface area (Å²) < 4.78 is 16.7. The number of aliphatic hydroxyl groups excluding tert-OH is 4. The maximum absolute atomic E-state index is 12.4. The van der Waals surface area contributed by atoms with Gasteiger partial charge < -0.3 is 34.3 Å². The third kappa shape index (κ3) is 3.11. The molecule has 0 saturated carbocycles. The Morgan fingerprint density at radius 1 is 1.07 bits per heavy atom. The summed E-state index contributed by atoms with van der Waals surface area (Å²) in [5.41, 5.74) is 2.41. The van der Waals surface area contributed by atoms with Crippen LogP contribution in [-0.2, 0) is 17.6 Å². The molecule has 2 aromatic rings. The molecule has 8 heteroatoms. The molecular formula is C20H24O8. The standard InChI is InChI=1S/C20H24O8/c1-9-13(26-20-17(24)16(23)15(22)14(8-21)27-20)7-6-11-10-4-2-3-5-12(10)19(25)28-18(9)11/h6-7,14-17,20-24H,2-5,8H2,1H3/t14-,15+,16+,17-,20-/m0/s1. The van der Waals surface area contributed by atoms with E-state index in [1.165, 1.54) is 0 Å². The molecule has 2 aliphatic rings. The second-order valence-electron chi connectivity index (χ2n) is 7.43. The minimum Gasteiger partial charge on any atom is -0.462 e. The van der Waals surface area contributed by atoms with Crippen molar-refractivity contribution in [2.75, 3.05) is 6.61 Å². The molecule has 4 rings (SSSR count). The second-order valence-corrected chi connectivity index (χ2v) is 7.43. The number of ether oxygens (including phenoxy) is 2. The Balaban J connectivity index is 1.70. The number of hydrogen-bond donors (Lipinski definition) is 4. The molecule has 0 bridgehead atoms.